The highest BCUT2D eigenvalue weighted by molar-refractivity contribution is 6.07. The van der Waals surface area contributed by atoms with Crippen molar-refractivity contribution in [2.75, 3.05) is 51.0 Å². The largest absolute Gasteiger partial charge is 0.454 e. The molecular formula is C24H26N4O4. The Morgan fingerprint density at radius 2 is 1.84 bits per heavy atom. The number of carbonyl (C=O) groups is 1. The van der Waals surface area contributed by atoms with Gasteiger partial charge in [0.15, 0.2) is 11.5 Å². The molecule has 3 aromatic rings. The Hall–Kier alpha value is -3.36. The lowest BCUT2D eigenvalue weighted by atomic mass is 10.1. The number of pyridine rings is 1. The number of amides is 1. The first kappa shape index (κ1) is 20.5. The van der Waals surface area contributed by atoms with Crippen LogP contribution in [-0.2, 0) is 6.54 Å². The molecule has 0 aliphatic carbocycles. The van der Waals surface area contributed by atoms with Crippen LogP contribution in [0.15, 0.2) is 48.5 Å². The lowest BCUT2D eigenvalue weighted by Gasteiger charge is -2.35. The summed E-state index contributed by atoms with van der Waals surface area (Å²) in [6, 6.07) is 15.6. The van der Waals surface area contributed by atoms with Gasteiger partial charge in [-0.1, -0.05) is 24.3 Å². The number of carbonyl (C=O) groups excluding carboxylic acids is 1. The number of hydrogen-bond donors (Lipinski definition) is 2. The van der Waals surface area contributed by atoms with E-state index in [2.05, 4.69) is 27.2 Å². The fraction of sp³-hybridized carbons (Fsp3) is 0.333. The van der Waals surface area contributed by atoms with Gasteiger partial charge in [0.1, 0.15) is 5.82 Å². The first-order chi connectivity index (χ1) is 15.7. The predicted octanol–water partition coefficient (Wildman–Crippen LogP) is 2.01. The molecule has 1 fully saturated rings. The summed E-state index contributed by atoms with van der Waals surface area (Å²) < 4.78 is 10.9. The van der Waals surface area contributed by atoms with Crippen LogP contribution in [0, 0.1) is 0 Å². The van der Waals surface area contributed by atoms with Gasteiger partial charge in [-0.25, -0.2) is 4.98 Å². The molecule has 0 radical (unpaired) electrons. The number of aliphatic hydroxyl groups excluding tert-OH is 1. The van der Waals surface area contributed by atoms with Crippen molar-refractivity contribution >= 4 is 22.6 Å². The maximum Gasteiger partial charge on any atom is 0.252 e. The molecule has 1 amide bonds. The number of piperazine rings is 1. The summed E-state index contributed by atoms with van der Waals surface area (Å²) in [6.07, 6.45) is 0. The number of rotatable bonds is 6. The number of aromatic nitrogens is 1. The first-order valence-corrected chi connectivity index (χ1v) is 10.9. The summed E-state index contributed by atoms with van der Waals surface area (Å²) >= 11 is 0. The average Bonchev–Trinajstić information content (AvgIpc) is 3.30. The van der Waals surface area contributed by atoms with Crippen LogP contribution >= 0.6 is 0 Å². The van der Waals surface area contributed by atoms with E-state index in [1.807, 2.05) is 36.4 Å². The van der Waals surface area contributed by atoms with E-state index >= 15 is 0 Å². The van der Waals surface area contributed by atoms with Crippen molar-refractivity contribution in [3.8, 4) is 11.5 Å². The summed E-state index contributed by atoms with van der Waals surface area (Å²) in [5, 5.41) is 12.6. The topological polar surface area (TPSA) is 87.2 Å². The standard InChI is InChI=1S/C24H26N4O4/c29-12-7-25-24(30)19-14-23(26-20-4-2-1-3-18(19)20)28-10-8-27(9-11-28)15-17-5-6-21-22(13-17)32-16-31-21/h1-6,13-14,29H,7-12,15-16H2,(H,25,30). The Morgan fingerprint density at radius 3 is 2.69 bits per heavy atom. The molecular weight excluding hydrogens is 408 g/mol. The van der Waals surface area contributed by atoms with E-state index in [0.717, 1.165) is 60.9 Å². The van der Waals surface area contributed by atoms with Gasteiger partial charge in [-0.2, -0.15) is 0 Å². The molecule has 5 rings (SSSR count). The minimum absolute atomic E-state index is 0.0903. The number of nitrogens with one attached hydrogen (secondary N) is 1. The Labute approximate surface area is 186 Å². The minimum atomic E-state index is -0.194. The van der Waals surface area contributed by atoms with Crippen LogP contribution in [0.2, 0.25) is 0 Å². The monoisotopic (exact) mass is 434 g/mol. The normalized spacial score (nSPS) is 15.8. The lowest BCUT2D eigenvalue weighted by molar-refractivity contribution is 0.0946. The third-order valence-electron chi connectivity index (χ3n) is 5.88. The van der Waals surface area contributed by atoms with Gasteiger partial charge >= 0.3 is 0 Å². The smallest absolute Gasteiger partial charge is 0.252 e. The van der Waals surface area contributed by atoms with E-state index in [-0.39, 0.29) is 25.9 Å². The fourth-order valence-corrected chi connectivity index (χ4v) is 4.21. The van der Waals surface area contributed by atoms with Crippen LogP contribution in [0.1, 0.15) is 15.9 Å². The second kappa shape index (κ2) is 9.02. The van der Waals surface area contributed by atoms with Gasteiger partial charge in [-0.05, 0) is 29.8 Å². The zero-order valence-corrected chi connectivity index (χ0v) is 17.8. The third kappa shape index (κ3) is 4.19. The highest BCUT2D eigenvalue weighted by Crippen LogP contribution is 2.33. The number of ether oxygens (including phenoxy) is 2. The molecule has 0 atom stereocenters. The van der Waals surface area contributed by atoms with E-state index in [1.54, 1.807) is 0 Å². The summed E-state index contributed by atoms with van der Waals surface area (Å²) in [7, 11) is 0. The number of fused-ring (bicyclic) bond motifs is 2. The fourth-order valence-electron chi connectivity index (χ4n) is 4.21. The van der Waals surface area contributed by atoms with Crippen molar-refractivity contribution in [1.29, 1.82) is 0 Å². The zero-order valence-electron chi connectivity index (χ0n) is 17.8. The maximum atomic E-state index is 12.7. The van der Waals surface area contributed by atoms with Gasteiger partial charge in [0.05, 0.1) is 17.7 Å². The first-order valence-electron chi connectivity index (χ1n) is 10.9. The Morgan fingerprint density at radius 1 is 1.03 bits per heavy atom. The molecule has 0 spiro atoms. The molecule has 1 aromatic heterocycles. The van der Waals surface area contributed by atoms with E-state index in [4.69, 9.17) is 19.6 Å². The second-order valence-electron chi connectivity index (χ2n) is 7.98. The molecule has 2 aliphatic heterocycles. The maximum absolute atomic E-state index is 12.7. The van der Waals surface area contributed by atoms with Crippen molar-refractivity contribution in [3.63, 3.8) is 0 Å². The number of hydrogen-bond acceptors (Lipinski definition) is 7. The van der Waals surface area contributed by atoms with Crippen LogP contribution in [0.4, 0.5) is 5.82 Å². The van der Waals surface area contributed by atoms with Gasteiger partial charge < -0.3 is 24.8 Å². The van der Waals surface area contributed by atoms with Crippen LogP contribution in [0.25, 0.3) is 10.9 Å². The highest BCUT2D eigenvalue weighted by Gasteiger charge is 2.22. The number of aliphatic hydroxyl groups is 1. The molecule has 166 valence electrons. The van der Waals surface area contributed by atoms with Crippen molar-refractivity contribution in [2.45, 2.75) is 6.54 Å². The summed E-state index contributed by atoms with van der Waals surface area (Å²) in [4.78, 5) is 22.1. The van der Waals surface area contributed by atoms with E-state index in [1.165, 1.54) is 5.56 Å². The minimum Gasteiger partial charge on any atom is -0.454 e. The Bertz CT molecular complexity index is 1130. The average molecular weight is 434 g/mol. The molecule has 2 aromatic carbocycles. The molecule has 2 aliphatic rings. The zero-order chi connectivity index (χ0) is 21.9. The van der Waals surface area contributed by atoms with E-state index < -0.39 is 0 Å². The molecule has 2 N–H and O–H groups in total. The number of benzene rings is 2. The Balaban J connectivity index is 1.29. The number of para-hydroxylation sites is 1. The van der Waals surface area contributed by atoms with Crippen LogP contribution in [-0.4, -0.2) is 67.0 Å². The van der Waals surface area contributed by atoms with Gasteiger partial charge in [-0.3, -0.25) is 9.69 Å². The van der Waals surface area contributed by atoms with E-state index in [9.17, 15) is 4.79 Å². The lowest BCUT2D eigenvalue weighted by Crippen LogP contribution is -2.46. The van der Waals surface area contributed by atoms with Gasteiger partial charge in [0.25, 0.3) is 5.91 Å². The van der Waals surface area contributed by atoms with Crippen molar-refractivity contribution < 1.29 is 19.4 Å². The Kier molecular flexibility index (Phi) is 5.79. The SMILES string of the molecule is O=C(NCCO)c1cc(N2CCN(Cc3ccc4c(c3)OCO4)CC2)nc2ccccc12. The molecule has 3 heterocycles. The molecule has 8 heteroatoms. The van der Waals surface area contributed by atoms with Gasteiger partial charge in [0.2, 0.25) is 6.79 Å². The van der Waals surface area contributed by atoms with Crippen LogP contribution in [0.3, 0.4) is 0 Å². The summed E-state index contributed by atoms with van der Waals surface area (Å²) in [6.45, 7) is 4.72. The molecule has 32 heavy (non-hydrogen) atoms. The summed E-state index contributed by atoms with van der Waals surface area (Å²) in [5.74, 6) is 2.23. The molecule has 0 unspecified atom stereocenters. The molecule has 8 nitrogen and oxygen atoms in total. The van der Waals surface area contributed by atoms with Gasteiger partial charge in [-0.15, -0.1) is 0 Å². The predicted molar refractivity (Wildman–Crippen MR) is 121 cm³/mol. The van der Waals surface area contributed by atoms with Crippen molar-refractivity contribution in [1.82, 2.24) is 15.2 Å². The van der Waals surface area contributed by atoms with Crippen molar-refractivity contribution in [2.24, 2.45) is 0 Å². The molecule has 0 bridgehead atoms. The van der Waals surface area contributed by atoms with Crippen molar-refractivity contribution in [3.05, 3.63) is 59.7 Å². The van der Waals surface area contributed by atoms with Crippen LogP contribution in [0.5, 0.6) is 11.5 Å². The quantitative estimate of drug-likeness (QED) is 0.614. The number of anilines is 1. The third-order valence-corrected chi connectivity index (χ3v) is 5.88. The van der Waals surface area contributed by atoms with E-state index in [0.29, 0.717) is 5.56 Å². The second-order valence-corrected chi connectivity index (χ2v) is 7.98. The number of nitrogens with zero attached hydrogens (tertiary/aromatic N) is 3. The molecule has 1 saturated heterocycles. The van der Waals surface area contributed by atoms with Crippen LogP contribution < -0.4 is 19.7 Å². The summed E-state index contributed by atoms with van der Waals surface area (Å²) in [5.41, 5.74) is 2.58. The molecule has 0 saturated carbocycles. The highest BCUT2D eigenvalue weighted by atomic mass is 16.7. The van der Waals surface area contributed by atoms with Gasteiger partial charge in [0, 0.05) is 44.7 Å².